The molecule has 0 aromatic heterocycles. The highest BCUT2D eigenvalue weighted by atomic mass is 32.1. The van der Waals surface area contributed by atoms with Crippen molar-refractivity contribution in [3.63, 3.8) is 0 Å². The SMILES string of the molecule is CCN(CC)C(=O)C1=C(C)NC(=S)N[C@@H]1c1ccc(F)cc1. The molecular formula is C16H20FN3OS. The number of carbonyl (C=O) groups is 1. The van der Waals surface area contributed by atoms with Gasteiger partial charge in [0, 0.05) is 18.8 Å². The van der Waals surface area contributed by atoms with E-state index in [0.29, 0.717) is 23.8 Å². The highest BCUT2D eigenvalue weighted by Crippen LogP contribution is 2.28. The molecule has 118 valence electrons. The molecule has 0 unspecified atom stereocenters. The molecule has 1 aliphatic rings. The van der Waals surface area contributed by atoms with Gasteiger partial charge in [0.25, 0.3) is 5.91 Å². The van der Waals surface area contributed by atoms with Gasteiger partial charge >= 0.3 is 0 Å². The molecule has 0 bridgehead atoms. The summed E-state index contributed by atoms with van der Waals surface area (Å²) in [6, 6.07) is 5.74. The third-order valence-corrected chi connectivity index (χ3v) is 3.97. The van der Waals surface area contributed by atoms with E-state index in [9.17, 15) is 9.18 Å². The van der Waals surface area contributed by atoms with Gasteiger partial charge in [-0.15, -0.1) is 0 Å². The highest BCUT2D eigenvalue weighted by molar-refractivity contribution is 7.80. The Balaban J connectivity index is 2.45. The first kappa shape index (κ1) is 16.4. The number of likely N-dealkylation sites (N-methyl/N-ethyl adjacent to an activating group) is 1. The van der Waals surface area contributed by atoms with Crippen LogP contribution in [0.3, 0.4) is 0 Å². The molecule has 2 rings (SSSR count). The number of nitrogens with zero attached hydrogens (tertiary/aromatic N) is 1. The monoisotopic (exact) mass is 321 g/mol. The Kier molecular flexibility index (Phi) is 5.13. The van der Waals surface area contributed by atoms with E-state index >= 15 is 0 Å². The summed E-state index contributed by atoms with van der Waals surface area (Å²) >= 11 is 5.19. The van der Waals surface area contributed by atoms with Crippen molar-refractivity contribution >= 4 is 23.2 Å². The normalized spacial score (nSPS) is 17.8. The van der Waals surface area contributed by atoms with Crippen LogP contribution in [0.25, 0.3) is 0 Å². The van der Waals surface area contributed by atoms with Crippen molar-refractivity contribution in [3.8, 4) is 0 Å². The molecule has 0 saturated carbocycles. The van der Waals surface area contributed by atoms with Crippen molar-refractivity contribution in [1.82, 2.24) is 15.5 Å². The quantitative estimate of drug-likeness (QED) is 0.836. The standard InChI is InChI=1S/C16H20FN3OS/c1-4-20(5-2)15(21)13-10(3)18-16(22)19-14(13)11-6-8-12(17)9-7-11/h6-9,14H,4-5H2,1-3H3,(H2,18,19,22)/t14-/m1/s1. The summed E-state index contributed by atoms with van der Waals surface area (Å²) in [4.78, 5) is 14.6. The van der Waals surface area contributed by atoms with Gasteiger partial charge in [-0.1, -0.05) is 12.1 Å². The van der Waals surface area contributed by atoms with Crippen LogP contribution in [-0.4, -0.2) is 29.0 Å². The van der Waals surface area contributed by atoms with E-state index in [1.54, 1.807) is 17.0 Å². The first-order chi connectivity index (χ1) is 10.5. The number of rotatable bonds is 4. The molecule has 1 aromatic carbocycles. The van der Waals surface area contributed by atoms with E-state index in [-0.39, 0.29) is 17.8 Å². The summed E-state index contributed by atoms with van der Waals surface area (Å²) in [5, 5.41) is 6.57. The minimum absolute atomic E-state index is 0.0423. The molecule has 22 heavy (non-hydrogen) atoms. The van der Waals surface area contributed by atoms with Gasteiger partial charge in [-0.25, -0.2) is 4.39 Å². The van der Waals surface area contributed by atoms with Crippen molar-refractivity contribution in [1.29, 1.82) is 0 Å². The molecule has 1 heterocycles. The van der Waals surface area contributed by atoms with Crippen LogP contribution >= 0.6 is 12.2 Å². The van der Waals surface area contributed by atoms with Crippen LogP contribution in [-0.2, 0) is 4.79 Å². The Morgan fingerprint density at radius 1 is 1.27 bits per heavy atom. The number of nitrogens with one attached hydrogen (secondary N) is 2. The molecule has 0 radical (unpaired) electrons. The maximum absolute atomic E-state index is 13.2. The molecule has 4 nitrogen and oxygen atoms in total. The Bertz CT molecular complexity index is 608. The average molecular weight is 321 g/mol. The number of hydrogen-bond acceptors (Lipinski definition) is 2. The molecule has 1 aromatic rings. The number of allylic oxidation sites excluding steroid dienone is 1. The van der Waals surface area contributed by atoms with E-state index < -0.39 is 0 Å². The van der Waals surface area contributed by atoms with Crippen LogP contribution in [0.1, 0.15) is 32.4 Å². The van der Waals surface area contributed by atoms with E-state index in [1.807, 2.05) is 20.8 Å². The molecule has 0 aliphatic carbocycles. The van der Waals surface area contributed by atoms with E-state index in [2.05, 4.69) is 10.6 Å². The zero-order valence-corrected chi connectivity index (χ0v) is 13.8. The molecule has 2 N–H and O–H groups in total. The summed E-state index contributed by atoms with van der Waals surface area (Å²) in [6.45, 7) is 6.98. The van der Waals surface area contributed by atoms with Crippen molar-refractivity contribution in [2.45, 2.75) is 26.8 Å². The maximum atomic E-state index is 13.2. The predicted octanol–water partition coefficient (Wildman–Crippen LogP) is 2.49. The van der Waals surface area contributed by atoms with Gasteiger partial charge < -0.3 is 15.5 Å². The summed E-state index contributed by atoms with van der Waals surface area (Å²) in [7, 11) is 0. The molecule has 1 amide bonds. The van der Waals surface area contributed by atoms with E-state index in [0.717, 1.165) is 11.3 Å². The third kappa shape index (κ3) is 3.27. The Morgan fingerprint density at radius 3 is 2.41 bits per heavy atom. The molecule has 6 heteroatoms. The van der Waals surface area contributed by atoms with Gasteiger partial charge in [-0.05, 0) is 50.7 Å². The van der Waals surface area contributed by atoms with Gasteiger partial charge in [0.2, 0.25) is 0 Å². The lowest BCUT2D eigenvalue weighted by atomic mass is 9.94. The Morgan fingerprint density at radius 2 is 1.86 bits per heavy atom. The first-order valence-corrected chi connectivity index (χ1v) is 7.71. The average Bonchev–Trinajstić information content (AvgIpc) is 2.48. The zero-order valence-electron chi connectivity index (χ0n) is 12.9. The van der Waals surface area contributed by atoms with Gasteiger partial charge in [0.1, 0.15) is 5.82 Å². The largest absolute Gasteiger partial charge is 0.351 e. The molecule has 1 atom stereocenters. The number of amides is 1. The van der Waals surface area contributed by atoms with Crippen LogP contribution in [0, 0.1) is 5.82 Å². The summed E-state index contributed by atoms with van der Waals surface area (Å²) in [6.07, 6.45) is 0. The van der Waals surface area contributed by atoms with Crippen molar-refractivity contribution < 1.29 is 9.18 Å². The van der Waals surface area contributed by atoms with Crippen LogP contribution in [0.5, 0.6) is 0 Å². The van der Waals surface area contributed by atoms with Gasteiger partial charge in [0.15, 0.2) is 5.11 Å². The highest BCUT2D eigenvalue weighted by Gasteiger charge is 2.31. The van der Waals surface area contributed by atoms with Gasteiger partial charge in [-0.2, -0.15) is 0 Å². The lowest BCUT2D eigenvalue weighted by Gasteiger charge is -2.33. The lowest BCUT2D eigenvalue weighted by Crippen LogP contribution is -2.47. The molecule has 0 fully saturated rings. The van der Waals surface area contributed by atoms with Crippen molar-refractivity contribution in [3.05, 3.63) is 46.9 Å². The van der Waals surface area contributed by atoms with Crippen molar-refractivity contribution in [2.24, 2.45) is 0 Å². The summed E-state index contributed by atoms with van der Waals surface area (Å²) in [5.74, 6) is -0.350. The van der Waals surface area contributed by atoms with Crippen LogP contribution in [0.2, 0.25) is 0 Å². The number of benzene rings is 1. The van der Waals surface area contributed by atoms with E-state index in [4.69, 9.17) is 12.2 Å². The molecule has 0 saturated heterocycles. The van der Waals surface area contributed by atoms with Gasteiger partial charge in [0.05, 0.1) is 11.6 Å². The third-order valence-electron chi connectivity index (χ3n) is 3.75. The van der Waals surface area contributed by atoms with E-state index in [1.165, 1.54) is 12.1 Å². The second-order valence-corrected chi connectivity index (χ2v) is 5.51. The molecular weight excluding hydrogens is 301 g/mol. The fourth-order valence-electron chi connectivity index (χ4n) is 2.56. The van der Waals surface area contributed by atoms with Gasteiger partial charge in [-0.3, -0.25) is 4.79 Å². The van der Waals surface area contributed by atoms with Crippen molar-refractivity contribution in [2.75, 3.05) is 13.1 Å². The predicted molar refractivity (Wildman–Crippen MR) is 88.6 cm³/mol. The fourth-order valence-corrected chi connectivity index (χ4v) is 2.83. The Labute approximate surface area is 135 Å². The topological polar surface area (TPSA) is 44.4 Å². The smallest absolute Gasteiger partial charge is 0.253 e. The first-order valence-electron chi connectivity index (χ1n) is 7.30. The zero-order chi connectivity index (χ0) is 16.3. The minimum atomic E-state index is -0.373. The van der Waals surface area contributed by atoms with Crippen LogP contribution in [0.4, 0.5) is 4.39 Å². The number of carbonyl (C=O) groups excluding carboxylic acids is 1. The maximum Gasteiger partial charge on any atom is 0.253 e. The number of halogens is 1. The fraction of sp³-hybridized carbons (Fsp3) is 0.375. The lowest BCUT2D eigenvalue weighted by molar-refractivity contribution is -0.127. The molecule has 1 aliphatic heterocycles. The summed E-state index contributed by atoms with van der Waals surface area (Å²) in [5.41, 5.74) is 2.15. The summed E-state index contributed by atoms with van der Waals surface area (Å²) < 4.78 is 13.2. The number of hydrogen-bond donors (Lipinski definition) is 2. The molecule has 0 spiro atoms. The Hall–Kier alpha value is -1.95. The number of thiocarbonyl (C=S) groups is 1. The minimum Gasteiger partial charge on any atom is -0.351 e. The van der Waals surface area contributed by atoms with Crippen LogP contribution < -0.4 is 10.6 Å². The second kappa shape index (κ2) is 6.87. The second-order valence-electron chi connectivity index (χ2n) is 5.10. The van der Waals surface area contributed by atoms with Crippen LogP contribution in [0.15, 0.2) is 35.5 Å².